The van der Waals surface area contributed by atoms with Crippen LogP contribution in [0.1, 0.15) is 24.0 Å². The molecule has 0 fully saturated rings. The van der Waals surface area contributed by atoms with E-state index in [9.17, 15) is 8.42 Å². The van der Waals surface area contributed by atoms with Gasteiger partial charge in [0.1, 0.15) is 10.6 Å². The molecule has 3 aromatic carbocycles. The molecule has 0 aliphatic rings. The first-order chi connectivity index (χ1) is 11.6. The highest BCUT2D eigenvalue weighted by molar-refractivity contribution is 7.87. The van der Waals surface area contributed by atoms with Crippen molar-refractivity contribution in [2.24, 2.45) is 0 Å². The van der Waals surface area contributed by atoms with Crippen molar-refractivity contribution in [3.05, 3.63) is 96.1 Å². The smallest absolute Gasteiger partial charge is 0.339 e. The Hall–Kier alpha value is -2.59. The maximum Gasteiger partial charge on any atom is 0.339 e. The topological polar surface area (TPSA) is 43.4 Å². The minimum atomic E-state index is -3.80. The molecule has 24 heavy (non-hydrogen) atoms. The van der Waals surface area contributed by atoms with Crippen LogP contribution in [0.2, 0.25) is 0 Å². The Morgan fingerprint density at radius 2 is 1.21 bits per heavy atom. The summed E-state index contributed by atoms with van der Waals surface area (Å²) in [4.78, 5) is 0.145. The van der Waals surface area contributed by atoms with E-state index < -0.39 is 10.1 Å². The van der Waals surface area contributed by atoms with Crippen LogP contribution >= 0.6 is 0 Å². The molecule has 0 N–H and O–H groups in total. The van der Waals surface area contributed by atoms with Crippen LogP contribution in [0, 0.1) is 0 Å². The molecule has 0 aliphatic heterocycles. The molecule has 0 spiro atoms. The molecule has 4 heteroatoms. The first-order valence-electron chi connectivity index (χ1n) is 7.71. The van der Waals surface area contributed by atoms with Crippen molar-refractivity contribution in [3.63, 3.8) is 0 Å². The second-order valence-corrected chi connectivity index (χ2v) is 7.10. The largest absolute Gasteiger partial charge is 0.379 e. The summed E-state index contributed by atoms with van der Waals surface area (Å²) in [6.07, 6.45) is 0. The van der Waals surface area contributed by atoms with Crippen LogP contribution in [0.4, 0.5) is 0 Å². The maximum absolute atomic E-state index is 12.2. The molecule has 0 aromatic heterocycles. The maximum atomic E-state index is 12.2. The van der Waals surface area contributed by atoms with Gasteiger partial charge < -0.3 is 4.18 Å². The van der Waals surface area contributed by atoms with Gasteiger partial charge >= 0.3 is 10.1 Å². The van der Waals surface area contributed by atoms with Crippen LogP contribution in [-0.4, -0.2) is 8.42 Å². The van der Waals surface area contributed by atoms with Gasteiger partial charge in [-0.15, -0.1) is 0 Å². The Balaban J connectivity index is 1.78. The molecule has 3 aromatic rings. The third kappa shape index (κ3) is 3.66. The van der Waals surface area contributed by atoms with Gasteiger partial charge in [-0.25, -0.2) is 0 Å². The third-order valence-corrected chi connectivity index (χ3v) is 5.18. The fraction of sp³-hybridized carbons (Fsp3) is 0.100. The lowest BCUT2D eigenvalue weighted by molar-refractivity contribution is 0.486. The lowest BCUT2D eigenvalue weighted by Crippen LogP contribution is -2.09. The summed E-state index contributed by atoms with van der Waals surface area (Å²) in [6.45, 7) is 2.12. The van der Waals surface area contributed by atoms with Crippen molar-refractivity contribution >= 4 is 10.1 Å². The van der Waals surface area contributed by atoms with E-state index in [1.54, 1.807) is 30.3 Å². The van der Waals surface area contributed by atoms with Gasteiger partial charge in [-0.2, -0.15) is 8.42 Å². The quantitative estimate of drug-likeness (QED) is 0.638. The zero-order chi connectivity index (χ0) is 17.0. The van der Waals surface area contributed by atoms with Crippen molar-refractivity contribution in [2.75, 3.05) is 0 Å². The Labute approximate surface area is 142 Å². The van der Waals surface area contributed by atoms with E-state index in [0.717, 1.165) is 5.56 Å². The molecular formula is C20H18O3S. The molecule has 1 atom stereocenters. The van der Waals surface area contributed by atoms with Crippen molar-refractivity contribution < 1.29 is 12.6 Å². The highest BCUT2D eigenvalue weighted by atomic mass is 32.2. The first kappa shape index (κ1) is 16.3. The first-order valence-corrected chi connectivity index (χ1v) is 9.11. The van der Waals surface area contributed by atoms with Gasteiger partial charge in [0.2, 0.25) is 0 Å². The zero-order valence-electron chi connectivity index (χ0n) is 13.3. The Bertz CT molecular complexity index is 887. The molecule has 0 bridgehead atoms. The molecule has 122 valence electrons. The summed E-state index contributed by atoms with van der Waals surface area (Å²) in [5.74, 6) is 0.536. The monoisotopic (exact) mass is 338 g/mol. The molecule has 3 rings (SSSR count). The predicted octanol–water partition coefficient (Wildman–Crippen LogP) is 4.61. The number of hydrogen-bond acceptors (Lipinski definition) is 3. The summed E-state index contributed by atoms with van der Waals surface area (Å²) >= 11 is 0. The van der Waals surface area contributed by atoms with Gasteiger partial charge in [0, 0.05) is 5.92 Å². The van der Waals surface area contributed by atoms with E-state index >= 15 is 0 Å². The number of hydrogen-bond donors (Lipinski definition) is 0. The molecule has 0 radical (unpaired) electrons. The van der Waals surface area contributed by atoms with E-state index in [0.29, 0.717) is 5.75 Å². The molecule has 0 saturated heterocycles. The molecular weight excluding hydrogens is 320 g/mol. The molecule has 1 unspecified atom stereocenters. The van der Waals surface area contributed by atoms with Crippen molar-refractivity contribution in [3.8, 4) is 5.75 Å². The van der Waals surface area contributed by atoms with Gasteiger partial charge in [0.25, 0.3) is 0 Å². The van der Waals surface area contributed by atoms with Crippen LogP contribution in [0.25, 0.3) is 0 Å². The van der Waals surface area contributed by atoms with Gasteiger partial charge in [0.15, 0.2) is 0 Å². The molecule has 0 saturated carbocycles. The fourth-order valence-electron chi connectivity index (χ4n) is 2.51. The fourth-order valence-corrected chi connectivity index (χ4v) is 3.46. The van der Waals surface area contributed by atoms with E-state index in [4.69, 9.17) is 4.18 Å². The summed E-state index contributed by atoms with van der Waals surface area (Å²) in [7, 11) is -3.80. The molecule has 0 amide bonds. The molecule has 0 heterocycles. The van der Waals surface area contributed by atoms with E-state index in [-0.39, 0.29) is 10.8 Å². The third-order valence-electron chi connectivity index (χ3n) is 3.92. The summed E-state index contributed by atoms with van der Waals surface area (Å²) < 4.78 is 29.6. The number of rotatable bonds is 5. The summed E-state index contributed by atoms with van der Waals surface area (Å²) in [5, 5.41) is 0. The van der Waals surface area contributed by atoms with Gasteiger partial charge in [-0.05, 0) is 35.4 Å². The average Bonchev–Trinajstić information content (AvgIpc) is 2.63. The minimum absolute atomic E-state index is 0.145. The van der Waals surface area contributed by atoms with Gasteiger partial charge in [-0.3, -0.25) is 0 Å². The van der Waals surface area contributed by atoms with Crippen LogP contribution in [-0.2, 0) is 10.1 Å². The van der Waals surface area contributed by atoms with Gasteiger partial charge in [0.05, 0.1) is 0 Å². The second-order valence-electron chi connectivity index (χ2n) is 5.55. The van der Waals surface area contributed by atoms with E-state index in [1.165, 1.54) is 17.7 Å². The molecule has 3 nitrogen and oxygen atoms in total. The van der Waals surface area contributed by atoms with Crippen LogP contribution < -0.4 is 4.18 Å². The second kappa shape index (κ2) is 6.89. The SMILES string of the molecule is CC(c1ccccc1)c1ccc(OS(=O)(=O)c2ccccc2)cc1. The lowest BCUT2D eigenvalue weighted by Gasteiger charge is -2.13. The minimum Gasteiger partial charge on any atom is -0.379 e. The van der Waals surface area contributed by atoms with Crippen LogP contribution in [0.3, 0.4) is 0 Å². The van der Waals surface area contributed by atoms with E-state index in [1.807, 2.05) is 30.3 Å². The standard InChI is InChI=1S/C20H18O3S/c1-16(17-8-4-2-5-9-17)18-12-14-19(15-13-18)23-24(21,22)20-10-6-3-7-11-20/h2-16H,1H3. The molecule has 0 aliphatic carbocycles. The number of benzene rings is 3. The van der Waals surface area contributed by atoms with Gasteiger partial charge in [-0.1, -0.05) is 67.6 Å². The van der Waals surface area contributed by atoms with Crippen LogP contribution in [0.15, 0.2) is 89.8 Å². The van der Waals surface area contributed by atoms with Crippen LogP contribution in [0.5, 0.6) is 5.75 Å². The average molecular weight is 338 g/mol. The van der Waals surface area contributed by atoms with Crippen molar-refractivity contribution in [1.29, 1.82) is 0 Å². The highest BCUT2D eigenvalue weighted by Gasteiger charge is 2.16. The Morgan fingerprint density at radius 1 is 0.708 bits per heavy atom. The summed E-state index contributed by atoms with van der Waals surface area (Å²) in [6, 6.07) is 25.5. The highest BCUT2D eigenvalue weighted by Crippen LogP contribution is 2.26. The Kier molecular flexibility index (Phi) is 4.67. The summed E-state index contributed by atoms with van der Waals surface area (Å²) in [5.41, 5.74) is 2.31. The zero-order valence-corrected chi connectivity index (χ0v) is 14.1. The Morgan fingerprint density at radius 3 is 1.79 bits per heavy atom. The van der Waals surface area contributed by atoms with Crippen molar-refractivity contribution in [1.82, 2.24) is 0 Å². The normalized spacial score (nSPS) is 12.5. The lowest BCUT2D eigenvalue weighted by atomic mass is 9.93. The van der Waals surface area contributed by atoms with E-state index in [2.05, 4.69) is 19.1 Å². The predicted molar refractivity (Wildman–Crippen MR) is 94.7 cm³/mol. The van der Waals surface area contributed by atoms with Crippen molar-refractivity contribution in [2.45, 2.75) is 17.7 Å².